The van der Waals surface area contributed by atoms with Crippen molar-refractivity contribution < 1.29 is 18.0 Å². The van der Waals surface area contributed by atoms with Crippen molar-refractivity contribution in [1.82, 2.24) is 4.90 Å². The number of anilines is 1. The van der Waals surface area contributed by atoms with Crippen LogP contribution in [0.2, 0.25) is 0 Å². The highest BCUT2D eigenvalue weighted by atomic mass is 19.1. The van der Waals surface area contributed by atoms with E-state index in [9.17, 15) is 18.0 Å². The molecule has 2 N–H and O–H groups in total. The second-order valence-electron chi connectivity index (χ2n) is 4.63. The summed E-state index contributed by atoms with van der Waals surface area (Å²) in [4.78, 5) is 13.4. The molecular weight excluding hydrogens is 281 g/mol. The average Bonchev–Trinajstić information content (AvgIpc) is 2.43. The molecule has 0 aliphatic carbocycles. The summed E-state index contributed by atoms with van der Waals surface area (Å²) in [7, 11) is 1.43. The van der Waals surface area contributed by atoms with Crippen LogP contribution in [0.3, 0.4) is 0 Å². The van der Waals surface area contributed by atoms with Crippen molar-refractivity contribution in [1.29, 1.82) is 0 Å². The van der Waals surface area contributed by atoms with Gasteiger partial charge in [-0.1, -0.05) is 6.07 Å². The predicted molar refractivity (Wildman–Crippen MR) is 73.0 cm³/mol. The highest BCUT2D eigenvalue weighted by molar-refractivity contribution is 5.98. The van der Waals surface area contributed by atoms with E-state index in [-0.39, 0.29) is 23.4 Å². The highest BCUT2D eigenvalue weighted by Crippen LogP contribution is 2.18. The Balaban J connectivity index is 2.21. The summed E-state index contributed by atoms with van der Waals surface area (Å²) in [5.74, 6) is -2.58. The lowest BCUT2D eigenvalue weighted by Gasteiger charge is -2.18. The van der Waals surface area contributed by atoms with E-state index in [1.165, 1.54) is 24.1 Å². The van der Waals surface area contributed by atoms with E-state index in [4.69, 9.17) is 5.73 Å². The van der Waals surface area contributed by atoms with Gasteiger partial charge in [-0.2, -0.15) is 0 Å². The smallest absolute Gasteiger partial charge is 0.256 e. The first-order valence-electron chi connectivity index (χ1n) is 6.13. The molecule has 0 aromatic heterocycles. The Morgan fingerprint density at radius 1 is 1.10 bits per heavy atom. The molecule has 21 heavy (non-hydrogen) atoms. The Labute approximate surface area is 119 Å². The number of nitrogens with two attached hydrogens (primary N) is 1. The van der Waals surface area contributed by atoms with Crippen LogP contribution in [0.25, 0.3) is 0 Å². The van der Waals surface area contributed by atoms with Gasteiger partial charge in [-0.3, -0.25) is 4.79 Å². The van der Waals surface area contributed by atoms with Crippen LogP contribution in [0.15, 0.2) is 36.4 Å². The van der Waals surface area contributed by atoms with Crippen LogP contribution < -0.4 is 5.73 Å². The fraction of sp³-hybridized carbons (Fsp3) is 0.133. The van der Waals surface area contributed by atoms with Crippen molar-refractivity contribution in [2.45, 2.75) is 6.54 Å². The third-order valence-electron chi connectivity index (χ3n) is 3.02. The van der Waals surface area contributed by atoms with Crippen molar-refractivity contribution in [2.24, 2.45) is 0 Å². The van der Waals surface area contributed by atoms with E-state index in [1.807, 2.05) is 0 Å². The van der Waals surface area contributed by atoms with Gasteiger partial charge in [0.2, 0.25) is 0 Å². The minimum atomic E-state index is -0.748. The molecule has 0 fully saturated rings. The van der Waals surface area contributed by atoms with Crippen LogP contribution in [0.1, 0.15) is 15.9 Å². The van der Waals surface area contributed by atoms with E-state index >= 15 is 0 Å². The zero-order chi connectivity index (χ0) is 15.6. The van der Waals surface area contributed by atoms with Gasteiger partial charge >= 0.3 is 0 Å². The number of carbonyl (C=O) groups excluding carboxylic acids is 1. The van der Waals surface area contributed by atoms with Gasteiger partial charge in [0, 0.05) is 30.9 Å². The second-order valence-corrected chi connectivity index (χ2v) is 4.63. The summed E-state index contributed by atoms with van der Waals surface area (Å²) < 4.78 is 39.6. The summed E-state index contributed by atoms with van der Waals surface area (Å²) in [6.07, 6.45) is 0. The first kappa shape index (κ1) is 14.9. The van der Waals surface area contributed by atoms with E-state index in [0.717, 1.165) is 24.3 Å². The lowest BCUT2D eigenvalue weighted by Crippen LogP contribution is -2.27. The molecule has 2 rings (SSSR count). The molecule has 0 bridgehead atoms. The van der Waals surface area contributed by atoms with E-state index in [2.05, 4.69) is 0 Å². The normalized spacial score (nSPS) is 10.5. The minimum absolute atomic E-state index is 0.0000184. The van der Waals surface area contributed by atoms with Crippen LogP contribution in [-0.2, 0) is 6.54 Å². The van der Waals surface area contributed by atoms with E-state index in [1.54, 1.807) is 0 Å². The Hall–Kier alpha value is -2.50. The average molecular weight is 294 g/mol. The molecule has 0 heterocycles. The summed E-state index contributed by atoms with van der Waals surface area (Å²) >= 11 is 0. The third kappa shape index (κ3) is 3.34. The van der Waals surface area contributed by atoms with Crippen LogP contribution in [-0.4, -0.2) is 17.9 Å². The largest absolute Gasteiger partial charge is 0.398 e. The fourth-order valence-electron chi connectivity index (χ4n) is 1.90. The molecule has 0 unspecified atom stereocenters. The molecule has 0 aliphatic rings. The van der Waals surface area contributed by atoms with E-state index in [0.29, 0.717) is 0 Å². The molecule has 0 spiro atoms. The molecular formula is C15H13F3N2O. The maximum Gasteiger partial charge on any atom is 0.256 e. The number of nitrogen functional groups attached to an aromatic ring is 1. The number of hydrogen-bond donors (Lipinski definition) is 1. The summed E-state index contributed by atoms with van der Waals surface area (Å²) in [5, 5.41) is 0. The summed E-state index contributed by atoms with van der Waals surface area (Å²) in [6, 6.07) is 6.55. The van der Waals surface area contributed by atoms with Gasteiger partial charge < -0.3 is 10.6 Å². The maximum atomic E-state index is 13.6. The van der Waals surface area contributed by atoms with Gasteiger partial charge in [0.05, 0.1) is 5.56 Å². The SMILES string of the molecule is CN(Cc1ccc(F)cc1F)C(=O)c1cc(F)ccc1N. The Morgan fingerprint density at radius 2 is 1.71 bits per heavy atom. The first-order chi connectivity index (χ1) is 9.88. The number of nitrogens with zero attached hydrogens (tertiary/aromatic N) is 1. The molecule has 1 amide bonds. The molecule has 2 aromatic carbocycles. The number of benzene rings is 2. The maximum absolute atomic E-state index is 13.6. The quantitative estimate of drug-likeness (QED) is 0.885. The van der Waals surface area contributed by atoms with Gasteiger partial charge in [-0.25, -0.2) is 13.2 Å². The van der Waals surface area contributed by atoms with Gasteiger partial charge in [0.25, 0.3) is 5.91 Å². The number of halogens is 3. The lowest BCUT2D eigenvalue weighted by molar-refractivity contribution is 0.0784. The summed E-state index contributed by atoms with van der Waals surface area (Å²) in [6.45, 7) is -0.0824. The van der Waals surface area contributed by atoms with Crippen molar-refractivity contribution in [3.05, 3.63) is 65.0 Å². The van der Waals surface area contributed by atoms with Gasteiger partial charge in [-0.15, -0.1) is 0 Å². The standard InChI is InChI=1S/C15H13F3N2O/c1-20(8-9-2-3-11(17)7-13(9)18)15(21)12-6-10(16)4-5-14(12)19/h2-7H,8,19H2,1H3. The topological polar surface area (TPSA) is 46.3 Å². The van der Waals surface area contributed by atoms with Crippen LogP contribution in [0, 0.1) is 17.5 Å². The number of hydrogen-bond acceptors (Lipinski definition) is 2. The number of carbonyl (C=O) groups is 1. The van der Waals surface area contributed by atoms with Crippen molar-refractivity contribution >= 4 is 11.6 Å². The monoisotopic (exact) mass is 294 g/mol. The summed E-state index contributed by atoms with van der Waals surface area (Å²) in [5.41, 5.74) is 5.92. The zero-order valence-corrected chi connectivity index (χ0v) is 11.2. The molecule has 110 valence electrons. The third-order valence-corrected chi connectivity index (χ3v) is 3.02. The molecule has 3 nitrogen and oxygen atoms in total. The van der Waals surface area contributed by atoms with Gasteiger partial charge in [0.15, 0.2) is 0 Å². The minimum Gasteiger partial charge on any atom is -0.398 e. The molecule has 0 atom stereocenters. The highest BCUT2D eigenvalue weighted by Gasteiger charge is 2.17. The van der Waals surface area contributed by atoms with Gasteiger partial charge in [-0.05, 0) is 24.3 Å². The molecule has 0 radical (unpaired) electrons. The van der Waals surface area contributed by atoms with Gasteiger partial charge in [0.1, 0.15) is 17.5 Å². The predicted octanol–water partition coefficient (Wildman–Crippen LogP) is 2.96. The lowest BCUT2D eigenvalue weighted by atomic mass is 10.1. The van der Waals surface area contributed by atoms with Crippen molar-refractivity contribution in [2.75, 3.05) is 12.8 Å². The molecule has 0 saturated carbocycles. The Kier molecular flexibility index (Phi) is 4.16. The molecule has 2 aromatic rings. The number of rotatable bonds is 3. The molecule has 6 heteroatoms. The zero-order valence-electron chi connectivity index (χ0n) is 11.2. The van der Waals surface area contributed by atoms with Crippen LogP contribution >= 0.6 is 0 Å². The first-order valence-corrected chi connectivity index (χ1v) is 6.13. The Morgan fingerprint density at radius 3 is 2.38 bits per heavy atom. The molecule has 0 aliphatic heterocycles. The van der Waals surface area contributed by atoms with Crippen molar-refractivity contribution in [3.8, 4) is 0 Å². The Bertz CT molecular complexity index is 689. The molecule has 0 saturated heterocycles. The van der Waals surface area contributed by atoms with Crippen LogP contribution in [0.4, 0.5) is 18.9 Å². The second kappa shape index (κ2) is 5.87. The van der Waals surface area contributed by atoms with Crippen LogP contribution in [0.5, 0.6) is 0 Å². The van der Waals surface area contributed by atoms with Crippen molar-refractivity contribution in [3.63, 3.8) is 0 Å². The number of amides is 1. The fourth-order valence-corrected chi connectivity index (χ4v) is 1.90. The van der Waals surface area contributed by atoms with E-state index < -0.39 is 23.4 Å².